The van der Waals surface area contributed by atoms with Crippen molar-refractivity contribution in [2.24, 2.45) is 11.7 Å². The fourth-order valence-electron chi connectivity index (χ4n) is 1.57. The van der Waals surface area contributed by atoms with Crippen molar-refractivity contribution < 1.29 is 13.2 Å². The van der Waals surface area contributed by atoms with Crippen LogP contribution < -0.4 is 11.1 Å². The maximum atomic E-state index is 13.3. The Morgan fingerprint density at radius 1 is 1.18 bits per heavy atom. The molecule has 0 radical (unpaired) electrons. The molecule has 0 spiro atoms. The van der Waals surface area contributed by atoms with E-state index in [1.54, 1.807) is 0 Å². The highest BCUT2D eigenvalue weighted by molar-refractivity contribution is 5.20. The zero-order valence-electron chi connectivity index (χ0n) is 9.93. The molecule has 0 saturated heterocycles. The van der Waals surface area contributed by atoms with Crippen molar-refractivity contribution >= 4 is 0 Å². The van der Waals surface area contributed by atoms with Crippen molar-refractivity contribution in [2.75, 3.05) is 6.54 Å². The van der Waals surface area contributed by atoms with E-state index >= 15 is 0 Å². The Hall–Kier alpha value is -1.07. The standard InChI is InChI=1S/C12H17F3N2/c1-7(2)12(5-16)17-6-9-10(14)3-8(13)4-11(9)15/h3-4,7,12,17H,5-6,16H2,1-2H3. The third-order valence-electron chi connectivity index (χ3n) is 2.71. The van der Waals surface area contributed by atoms with Crippen molar-refractivity contribution in [1.29, 1.82) is 0 Å². The molecule has 17 heavy (non-hydrogen) atoms. The molecule has 0 aliphatic carbocycles. The monoisotopic (exact) mass is 246 g/mol. The van der Waals surface area contributed by atoms with Gasteiger partial charge in [0, 0.05) is 36.8 Å². The average Bonchev–Trinajstić information content (AvgIpc) is 2.21. The summed E-state index contributed by atoms with van der Waals surface area (Å²) in [5.41, 5.74) is 5.37. The van der Waals surface area contributed by atoms with Crippen molar-refractivity contribution in [2.45, 2.75) is 26.4 Å². The minimum absolute atomic E-state index is 0.00199. The lowest BCUT2D eigenvalue weighted by molar-refractivity contribution is 0.395. The smallest absolute Gasteiger partial charge is 0.133 e. The molecule has 0 aliphatic rings. The van der Waals surface area contributed by atoms with E-state index < -0.39 is 17.5 Å². The van der Waals surface area contributed by atoms with Crippen LogP contribution >= 0.6 is 0 Å². The summed E-state index contributed by atoms with van der Waals surface area (Å²) >= 11 is 0. The van der Waals surface area contributed by atoms with Crippen LogP contribution in [-0.4, -0.2) is 12.6 Å². The van der Waals surface area contributed by atoms with Gasteiger partial charge in [-0.05, 0) is 5.92 Å². The van der Waals surface area contributed by atoms with Gasteiger partial charge in [0.15, 0.2) is 0 Å². The summed E-state index contributed by atoms with van der Waals surface area (Å²) < 4.78 is 39.3. The molecular weight excluding hydrogens is 229 g/mol. The first-order valence-corrected chi connectivity index (χ1v) is 5.52. The first kappa shape index (κ1) is 14.0. The van der Waals surface area contributed by atoms with Crippen molar-refractivity contribution in [3.8, 4) is 0 Å². The summed E-state index contributed by atoms with van der Waals surface area (Å²) in [5.74, 6) is -2.42. The van der Waals surface area contributed by atoms with Gasteiger partial charge in [-0.2, -0.15) is 0 Å². The van der Waals surface area contributed by atoms with Crippen LogP contribution in [0.2, 0.25) is 0 Å². The van der Waals surface area contributed by atoms with E-state index in [9.17, 15) is 13.2 Å². The number of nitrogens with two attached hydrogens (primary N) is 1. The molecule has 3 N–H and O–H groups in total. The second-order valence-electron chi connectivity index (χ2n) is 4.32. The Balaban J connectivity index is 2.75. The average molecular weight is 246 g/mol. The molecule has 1 unspecified atom stereocenters. The molecule has 0 heterocycles. The van der Waals surface area contributed by atoms with Crippen molar-refractivity contribution in [3.63, 3.8) is 0 Å². The van der Waals surface area contributed by atoms with Gasteiger partial charge in [0.2, 0.25) is 0 Å². The van der Waals surface area contributed by atoms with Crippen molar-refractivity contribution in [3.05, 3.63) is 35.1 Å². The number of hydrogen-bond acceptors (Lipinski definition) is 2. The number of hydrogen-bond donors (Lipinski definition) is 2. The zero-order valence-corrected chi connectivity index (χ0v) is 9.93. The molecular formula is C12H17F3N2. The van der Waals surface area contributed by atoms with E-state index in [1.807, 2.05) is 13.8 Å². The van der Waals surface area contributed by atoms with Gasteiger partial charge in [0.25, 0.3) is 0 Å². The van der Waals surface area contributed by atoms with Gasteiger partial charge in [-0.25, -0.2) is 13.2 Å². The van der Waals surface area contributed by atoms with Crippen LogP contribution in [-0.2, 0) is 6.54 Å². The van der Waals surface area contributed by atoms with Crippen LogP contribution in [0, 0.1) is 23.4 Å². The van der Waals surface area contributed by atoms with Crippen LogP contribution in [0.5, 0.6) is 0 Å². The summed E-state index contributed by atoms with van der Waals surface area (Å²) in [5, 5.41) is 2.96. The fraction of sp³-hybridized carbons (Fsp3) is 0.500. The molecule has 0 aliphatic heterocycles. The van der Waals surface area contributed by atoms with Crippen LogP contribution in [0.25, 0.3) is 0 Å². The third-order valence-corrected chi connectivity index (χ3v) is 2.71. The Bertz CT molecular complexity index is 357. The molecule has 2 nitrogen and oxygen atoms in total. The van der Waals surface area contributed by atoms with E-state index in [4.69, 9.17) is 5.73 Å². The van der Waals surface area contributed by atoms with Gasteiger partial charge in [0.05, 0.1) is 0 Å². The van der Waals surface area contributed by atoms with E-state index in [0.29, 0.717) is 18.7 Å². The van der Waals surface area contributed by atoms with Crippen molar-refractivity contribution in [1.82, 2.24) is 5.32 Å². The number of nitrogens with one attached hydrogen (secondary N) is 1. The zero-order chi connectivity index (χ0) is 13.0. The molecule has 1 aromatic rings. The summed E-state index contributed by atoms with van der Waals surface area (Å²) in [6, 6.07) is 1.32. The minimum atomic E-state index is -0.914. The molecule has 0 amide bonds. The summed E-state index contributed by atoms with van der Waals surface area (Å²) in [6.45, 7) is 4.30. The van der Waals surface area contributed by atoms with E-state index in [2.05, 4.69) is 5.32 Å². The van der Waals surface area contributed by atoms with Gasteiger partial charge < -0.3 is 11.1 Å². The second kappa shape index (κ2) is 6.02. The topological polar surface area (TPSA) is 38.0 Å². The van der Waals surface area contributed by atoms with Gasteiger partial charge >= 0.3 is 0 Å². The SMILES string of the molecule is CC(C)C(CN)NCc1c(F)cc(F)cc1F. The molecule has 1 atom stereocenters. The molecule has 5 heteroatoms. The lowest BCUT2D eigenvalue weighted by Gasteiger charge is -2.20. The van der Waals surface area contributed by atoms with Crippen LogP contribution in [0.15, 0.2) is 12.1 Å². The van der Waals surface area contributed by atoms with Gasteiger partial charge in [0.1, 0.15) is 17.5 Å². The van der Waals surface area contributed by atoms with Crippen LogP contribution in [0.1, 0.15) is 19.4 Å². The first-order valence-electron chi connectivity index (χ1n) is 5.52. The van der Waals surface area contributed by atoms with Crippen LogP contribution in [0.4, 0.5) is 13.2 Å². The molecule has 0 aromatic heterocycles. The maximum Gasteiger partial charge on any atom is 0.133 e. The highest BCUT2D eigenvalue weighted by Crippen LogP contribution is 2.15. The summed E-state index contributed by atoms with van der Waals surface area (Å²) in [7, 11) is 0. The Morgan fingerprint density at radius 3 is 2.12 bits per heavy atom. The fourth-order valence-corrected chi connectivity index (χ4v) is 1.57. The molecule has 0 saturated carbocycles. The highest BCUT2D eigenvalue weighted by Gasteiger charge is 2.15. The van der Waals surface area contributed by atoms with Gasteiger partial charge in [-0.15, -0.1) is 0 Å². The second-order valence-corrected chi connectivity index (χ2v) is 4.32. The normalized spacial score (nSPS) is 13.1. The lowest BCUT2D eigenvalue weighted by atomic mass is 10.0. The first-order chi connectivity index (χ1) is 7.95. The number of benzene rings is 1. The summed E-state index contributed by atoms with van der Waals surface area (Å²) in [4.78, 5) is 0. The molecule has 1 aromatic carbocycles. The molecule has 96 valence electrons. The lowest BCUT2D eigenvalue weighted by Crippen LogP contribution is -2.40. The Labute approximate surface area is 99.0 Å². The molecule has 0 bridgehead atoms. The van der Waals surface area contributed by atoms with E-state index in [1.165, 1.54) is 0 Å². The number of halogens is 3. The van der Waals surface area contributed by atoms with Gasteiger partial charge in [-0.1, -0.05) is 13.8 Å². The minimum Gasteiger partial charge on any atom is -0.329 e. The molecule has 1 rings (SSSR count). The van der Waals surface area contributed by atoms with E-state index in [0.717, 1.165) is 0 Å². The highest BCUT2D eigenvalue weighted by atomic mass is 19.1. The quantitative estimate of drug-likeness (QED) is 0.835. The predicted octanol–water partition coefficient (Wildman–Crippen LogP) is 2.18. The van der Waals surface area contributed by atoms with E-state index in [-0.39, 0.29) is 24.1 Å². The van der Waals surface area contributed by atoms with Gasteiger partial charge in [-0.3, -0.25) is 0 Å². The Morgan fingerprint density at radius 2 is 1.71 bits per heavy atom. The largest absolute Gasteiger partial charge is 0.329 e. The third kappa shape index (κ3) is 3.71. The number of rotatable bonds is 5. The predicted molar refractivity (Wildman–Crippen MR) is 60.8 cm³/mol. The summed E-state index contributed by atoms with van der Waals surface area (Å²) in [6.07, 6.45) is 0. The maximum absolute atomic E-state index is 13.3. The van der Waals surface area contributed by atoms with Crippen LogP contribution in [0.3, 0.4) is 0 Å². The Kier molecular flexibility index (Phi) is 4.96. The molecule has 0 fully saturated rings.